The van der Waals surface area contributed by atoms with Crippen molar-refractivity contribution in [2.24, 2.45) is 11.8 Å². The minimum Gasteiger partial charge on any atom is -0.512 e. The smallest absolute Gasteiger partial charge is 0.162 e. The molecular formula is C51H62IrN2O2Si-2. The maximum Gasteiger partial charge on any atom is 0.162 e. The van der Waals surface area contributed by atoms with Gasteiger partial charge in [0.1, 0.15) is 0 Å². The van der Waals surface area contributed by atoms with E-state index in [2.05, 4.69) is 123 Å². The number of rotatable bonds is 10. The Morgan fingerprint density at radius 2 is 1.12 bits per heavy atom. The van der Waals surface area contributed by atoms with Gasteiger partial charge in [0.15, 0.2) is 5.78 Å². The van der Waals surface area contributed by atoms with Crippen molar-refractivity contribution < 1.29 is 32.7 Å². The number of hydrogen-bond donors (Lipinski definition) is 1. The maximum absolute atomic E-state index is 11.7. The van der Waals surface area contributed by atoms with E-state index in [1.165, 1.54) is 28.0 Å². The van der Waals surface area contributed by atoms with Crippen LogP contribution in [0.4, 0.5) is 0 Å². The minimum absolute atomic E-state index is 0. The van der Waals surface area contributed by atoms with E-state index in [4.69, 9.17) is 2.74 Å². The zero-order valence-electron chi connectivity index (χ0n) is 38.1. The van der Waals surface area contributed by atoms with Crippen molar-refractivity contribution in [2.45, 2.75) is 108 Å². The number of ketones is 1. The van der Waals surface area contributed by atoms with Crippen molar-refractivity contribution in [3.63, 3.8) is 0 Å². The molecule has 0 spiro atoms. The number of benzene rings is 4. The first kappa shape index (κ1) is 43.9. The summed E-state index contributed by atoms with van der Waals surface area (Å²) in [5.41, 5.74) is 9.42. The molecule has 4 nitrogen and oxygen atoms in total. The van der Waals surface area contributed by atoms with E-state index in [1.807, 2.05) is 53.7 Å². The molecule has 1 N–H and O–H groups in total. The summed E-state index contributed by atoms with van der Waals surface area (Å²) in [5.74, 6) is 0.547. The number of carbonyl (C=O) groups is 1. The summed E-state index contributed by atoms with van der Waals surface area (Å²) in [7, 11) is -1.37. The second-order valence-electron chi connectivity index (χ2n) is 16.1. The molecule has 0 bridgehead atoms. The molecule has 1 radical (unpaired) electrons. The van der Waals surface area contributed by atoms with Gasteiger partial charge in [0.05, 0.1) is 16.6 Å². The number of pyridine rings is 2. The average molecular weight is 957 g/mol. The first-order chi connectivity index (χ1) is 27.4. The molecule has 0 atom stereocenters. The van der Waals surface area contributed by atoms with Crippen molar-refractivity contribution in [1.82, 2.24) is 9.97 Å². The van der Waals surface area contributed by atoms with E-state index in [0.717, 1.165) is 80.9 Å². The van der Waals surface area contributed by atoms with E-state index in [9.17, 15) is 9.90 Å². The summed E-state index contributed by atoms with van der Waals surface area (Å²) >= 11 is 0. The number of aliphatic hydroxyl groups is 1. The fourth-order valence-electron chi connectivity index (χ4n) is 7.07. The van der Waals surface area contributed by atoms with Gasteiger partial charge >= 0.3 is 0 Å². The molecule has 6 rings (SSSR count). The predicted octanol–water partition coefficient (Wildman–Crippen LogP) is 13.4. The first-order valence-electron chi connectivity index (χ1n) is 21.1. The van der Waals surface area contributed by atoms with Crippen LogP contribution in [0.3, 0.4) is 0 Å². The van der Waals surface area contributed by atoms with E-state index < -0.39 is 8.07 Å². The number of aliphatic hydroxyl groups excluding tert-OH is 1. The molecule has 4 aromatic carbocycles. The molecule has 0 unspecified atom stereocenters. The number of nitrogens with zero attached hydrogens (tertiary/aromatic N) is 2. The van der Waals surface area contributed by atoms with Crippen LogP contribution >= 0.6 is 0 Å². The molecule has 0 fully saturated rings. The van der Waals surface area contributed by atoms with E-state index in [0.29, 0.717) is 12.3 Å². The van der Waals surface area contributed by atoms with Crippen LogP contribution in [0, 0.1) is 58.6 Å². The van der Waals surface area contributed by atoms with Crippen LogP contribution in [0.25, 0.3) is 44.1 Å². The fraction of sp³-hybridized carbons (Fsp3) is 0.353. The standard InChI is InChI=1S/C20H22NSi.C18H16N.C13H24O2.Ir/c1-14-10-15(2)12-17(11-14)20-19-7-6-18(22(3,4)5)13-16(19)8-9-21-20;1-12-4-5-17-15(9-12)6-7-19-18(17)16-10-13(2)8-14(3)11-16;1-5-10(6-2)12(14)9-13(15)11(7-3)8-4;/h6-11,13H,1-5H3;4-10H,1-3H3;9-11,14H,5-8H2,1-4H3;/q2*-1;;/b;;12-9-;/i9D;7D;;. The first-order valence-corrected chi connectivity index (χ1v) is 23.6. The molecule has 2 aromatic heterocycles. The van der Waals surface area contributed by atoms with E-state index in [1.54, 1.807) is 0 Å². The van der Waals surface area contributed by atoms with Crippen LogP contribution in [0.5, 0.6) is 0 Å². The zero-order chi connectivity index (χ0) is 42.9. The molecule has 6 heteroatoms. The van der Waals surface area contributed by atoms with E-state index >= 15 is 0 Å². The van der Waals surface area contributed by atoms with Crippen LogP contribution in [-0.4, -0.2) is 28.9 Å². The largest absolute Gasteiger partial charge is 0.512 e. The molecule has 0 aliphatic rings. The van der Waals surface area contributed by atoms with Crippen LogP contribution in [0.1, 0.15) is 83.9 Å². The molecule has 2 heterocycles. The van der Waals surface area contributed by atoms with Gasteiger partial charge in [0.2, 0.25) is 0 Å². The maximum atomic E-state index is 11.7. The third-order valence-corrected chi connectivity index (χ3v) is 12.4. The monoisotopic (exact) mass is 957 g/mol. The summed E-state index contributed by atoms with van der Waals surface area (Å²) in [6.45, 7) is 25.4. The Labute approximate surface area is 360 Å². The Morgan fingerprint density at radius 3 is 1.56 bits per heavy atom. The average Bonchev–Trinajstić information content (AvgIpc) is 3.14. The molecular weight excluding hydrogens is 893 g/mol. The number of allylic oxidation sites excluding steroid dienone is 2. The van der Waals surface area contributed by atoms with Crippen LogP contribution < -0.4 is 5.19 Å². The molecule has 0 saturated heterocycles. The summed E-state index contributed by atoms with van der Waals surface area (Å²) in [6.07, 6.45) is 5.52. The van der Waals surface area contributed by atoms with Crippen molar-refractivity contribution in [2.75, 3.05) is 0 Å². The Balaban J connectivity index is 0.000000240. The van der Waals surface area contributed by atoms with Gasteiger partial charge in [-0.25, -0.2) is 0 Å². The predicted molar refractivity (Wildman–Crippen MR) is 243 cm³/mol. The van der Waals surface area contributed by atoms with E-state index in [-0.39, 0.29) is 43.5 Å². The number of carbonyl (C=O) groups excluding carboxylic acids is 1. The van der Waals surface area contributed by atoms with Gasteiger partial charge in [-0.3, -0.25) is 4.79 Å². The third kappa shape index (κ3) is 12.9. The number of fused-ring (bicyclic) bond motifs is 2. The van der Waals surface area contributed by atoms with Crippen LogP contribution in [0.2, 0.25) is 19.6 Å². The Kier molecular flexibility index (Phi) is 16.6. The van der Waals surface area contributed by atoms with Gasteiger partial charge in [0.25, 0.3) is 0 Å². The van der Waals surface area contributed by atoms with Gasteiger partial charge in [-0.1, -0.05) is 122 Å². The third-order valence-electron chi connectivity index (χ3n) is 10.3. The second kappa shape index (κ2) is 21.5. The summed E-state index contributed by atoms with van der Waals surface area (Å²) in [5, 5.41) is 15.5. The number of aromatic nitrogens is 2. The van der Waals surface area contributed by atoms with Gasteiger partial charge in [-0.2, -0.15) is 0 Å². The summed E-state index contributed by atoms with van der Waals surface area (Å²) < 4.78 is 16.0. The second-order valence-corrected chi connectivity index (χ2v) is 21.2. The zero-order valence-corrected chi connectivity index (χ0v) is 39.5. The normalized spacial score (nSPS) is 12.0. The topological polar surface area (TPSA) is 63.1 Å². The number of aryl methyl sites for hydroxylation is 5. The SMILES string of the molecule is CCC(CC)C(=O)/C=C(\O)C(CC)CC.[2H]c1cc2cc(C)ccc2c(-c2[c-]c(C)cc(C)c2)n1.[2H]c1cc2cc([Si](C)(C)C)ccc2c(-c2[c-]c(C)cc(C)c2)n1.[Ir]. The van der Waals surface area contributed by atoms with Gasteiger partial charge in [-0.05, 0) is 77.7 Å². The Bertz CT molecular complexity index is 2370. The minimum atomic E-state index is -1.37. The molecule has 57 heavy (non-hydrogen) atoms. The number of hydrogen-bond acceptors (Lipinski definition) is 4. The van der Waals surface area contributed by atoms with Gasteiger partial charge in [-0.15, -0.1) is 69.8 Å². The van der Waals surface area contributed by atoms with Gasteiger partial charge in [0, 0.05) is 50.4 Å². The molecule has 303 valence electrons. The van der Waals surface area contributed by atoms with Gasteiger partial charge < -0.3 is 15.1 Å². The van der Waals surface area contributed by atoms with Crippen LogP contribution in [0.15, 0.2) is 97.0 Å². The Hall–Kier alpha value is -4.22. The van der Waals surface area contributed by atoms with Crippen molar-refractivity contribution in [1.29, 1.82) is 0 Å². The summed E-state index contributed by atoms with van der Waals surface area (Å²) in [6, 6.07) is 31.7. The van der Waals surface area contributed by atoms with Crippen molar-refractivity contribution in [3.8, 4) is 22.5 Å². The summed E-state index contributed by atoms with van der Waals surface area (Å²) in [4.78, 5) is 20.6. The van der Waals surface area contributed by atoms with Crippen LogP contribution in [-0.2, 0) is 24.9 Å². The fourth-order valence-corrected chi connectivity index (χ4v) is 8.24. The molecule has 0 aliphatic carbocycles. The van der Waals surface area contributed by atoms with Crippen molar-refractivity contribution >= 4 is 40.6 Å². The Morgan fingerprint density at radius 1 is 0.667 bits per heavy atom. The quantitative estimate of drug-likeness (QED) is 0.0643. The van der Waals surface area contributed by atoms with Crippen molar-refractivity contribution in [3.05, 3.63) is 137 Å². The molecule has 0 amide bonds. The molecule has 6 aromatic rings. The molecule has 0 saturated carbocycles. The molecule has 0 aliphatic heterocycles.